The Morgan fingerprint density at radius 1 is 1.05 bits per heavy atom. The first-order valence-corrected chi connectivity index (χ1v) is 7.16. The number of para-hydroxylation sites is 1. The van der Waals surface area contributed by atoms with Gasteiger partial charge < -0.3 is 14.9 Å². The lowest BCUT2D eigenvalue weighted by molar-refractivity contribution is -0.0356. The molecular formula is C17H17N3O. The summed E-state index contributed by atoms with van der Waals surface area (Å²) in [6.07, 6.45) is 0. The van der Waals surface area contributed by atoms with Crippen LogP contribution in [-0.4, -0.2) is 36.1 Å². The van der Waals surface area contributed by atoms with Crippen LogP contribution in [-0.2, 0) is 5.72 Å². The zero-order valence-corrected chi connectivity index (χ0v) is 11.9. The minimum Gasteiger partial charge on any atom is -0.363 e. The van der Waals surface area contributed by atoms with Crippen molar-refractivity contribution in [3.8, 4) is 0 Å². The van der Waals surface area contributed by atoms with E-state index in [2.05, 4.69) is 9.89 Å². The number of aliphatic imine (C=N–C) groups is 1. The Hall–Kier alpha value is -2.33. The highest BCUT2D eigenvalue weighted by molar-refractivity contribution is 6.00. The van der Waals surface area contributed by atoms with Crippen molar-refractivity contribution in [2.24, 2.45) is 4.99 Å². The van der Waals surface area contributed by atoms with E-state index in [0.717, 1.165) is 29.3 Å². The molecule has 4 nitrogen and oxygen atoms in total. The van der Waals surface area contributed by atoms with Crippen LogP contribution in [0.25, 0.3) is 0 Å². The highest BCUT2D eigenvalue weighted by Crippen LogP contribution is 2.43. The Labute approximate surface area is 124 Å². The smallest absolute Gasteiger partial charge is 0.203 e. The minimum absolute atomic E-state index is 0.711. The van der Waals surface area contributed by atoms with Crippen LogP contribution in [0.2, 0.25) is 0 Å². The average Bonchev–Trinajstić information content (AvgIpc) is 3.04. The van der Waals surface area contributed by atoms with E-state index in [9.17, 15) is 5.11 Å². The molecule has 2 heterocycles. The van der Waals surface area contributed by atoms with Crippen molar-refractivity contribution in [2.45, 2.75) is 5.72 Å². The molecule has 0 aromatic heterocycles. The van der Waals surface area contributed by atoms with Crippen molar-refractivity contribution in [3.63, 3.8) is 0 Å². The maximum Gasteiger partial charge on any atom is 0.203 e. The number of hydrogen-bond acceptors (Lipinski definition) is 4. The van der Waals surface area contributed by atoms with Crippen LogP contribution in [0.3, 0.4) is 0 Å². The third kappa shape index (κ3) is 1.56. The van der Waals surface area contributed by atoms with Gasteiger partial charge in [-0.15, -0.1) is 0 Å². The summed E-state index contributed by atoms with van der Waals surface area (Å²) in [5.74, 6) is 0.833. The molecule has 21 heavy (non-hydrogen) atoms. The van der Waals surface area contributed by atoms with Crippen LogP contribution in [0, 0.1) is 0 Å². The summed E-state index contributed by atoms with van der Waals surface area (Å²) in [6.45, 7) is 1.43. The molecule has 2 aromatic carbocycles. The Morgan fingerprint density at radius 3 is 2.57 bits per heavy atom. The summed E-state index contributed by atoms with van der Waals surface area (Å²) >= 11 is 0. The maximum absolute atomic E-state index is 11.6. The summed E-state index contributed by atoms with van der Waals surface area (Å²) in [7, 11) is 2.00. The van der Waals surface area contributed by atoms with Gasteiger partial charge in [0, 0.05) is 24.7 Å². The Balaban J connectivity index is 2.01. The molecule has 4 rings (SSSR count). The fourth-order valence-corrected chi connectivity index (χ4v) is 3.32. The second-order valence-electron chi connectivity index (χ2n) is 5.45. The van der Waals surface area contributed by atoms with E-state index in [1.807, 2.05) is 66.5 Å². The molecule has 0 saturated heterocycles. The van der Waals surface area contributed by atoms with Gasteiger partial charge in [-0.3, -0.25) is 4.99 Å². The fraction of sp³-hybridized carbons (Fsp3) is 0.235. The SMILES string of the molecule is CN1C2=NCCN2C(O)(c2ccccc2)c2ccccc21. The van der Waals surface area contributed by atoms with Gasteiger partial charge in [0.1, 0.15) is 0 Å². The van der Waals surface area contributed by atoms with Crippen LogP contribution in [0.15, 0.2) is 59.6 Å². The number of anilines is 1. The lowest BCUT2D eigenvalue weighted by Crippen LogP contribution is -2.57. The van der Waals surface area contributed by atoms with Gasteiger partial charge >= 0.3 is 0 Å². The third-order valence-electron chi connectivity index (χ3n) is 4.33. The molecule has 0 bridgehead atoms. The van der Waals surface area contributed by atoms with Gasteiger partial charge in [0.25, 0.3) is 0 Å². The van der Waals surface area contributed by atoms with E-state index >= 15 is 0 Å². The number of fused-ring (bicyclic) bond motifs is 2. The zero-order chi connectivity index (χ0) is 14.4. The predicted molar refractivity (Wildman–Crippen MR) is 83.3 cm³/mol. The van der Waals surface area contributed by atoms with Crippen LogP contribution in [0.4, 0.5) is 5.69 Å². The first-order chi connectivity index (χ1) is 10.2. The van der Waals surface area contributed by atoms with E-state index < -0.39 is 5.72 Å². The average molecular weight is 279 g/mol. The third-order valence-corrected chi connectivity index (χ3v) is 4.33. The van der Waals surface area contributed by atoms with E-state index in [1.165, 1.54) is 0 Å². The number of guanidine groups is 1. The summed E-state index contributed by atoms with van der Waals surface area (Å²) in [5, 5.41) is 11.6. The molecule has 4 heteroatoms. The van der Waals surface area contributed by atoms with Gasteiger partial charge in [-0.2, -0.15) is 0 Å². The second kappa shape index (κ2) is 4.33. The molecule has 2 aliphatic heterocycles. The standard InChI is InChI=1S/C17H17N3O/c1-19-15-10-6-5-9-14(15)17(21,13-7-3-2-4-8-13)20-12-11-18-16(19)20/h2-10,21H,11-12H2,1H3. The largest absolute Gasteiger partial charge is 0.363 e. The van der Waals surface area contributed by atoms with Gasteiger partial charge in [-0.05, 0) is 6.07 Å². The molecule has 0 aliphatic carbocycles. The van der Waals surface area contributed by atoms with Crippen molar-refractivity contribution in [1.82, 2.24) is 4.90 Å². The number of hydrogen-bond donors (Lipinski definition) is 1. The zero-order valence-electron chi connectivity index (χ0n) is 11.9. The van der Waals surface area contributed by atoms with Gasteiger partial charge in [0.15, 0.2) is 5.72 Å². The molecule has 1 atom stereocenters. The first-order valence-electron chi connectivity index (χ1n) is 7.16. The Morgan fingerprint density at radius 2 is 1.76 bits per heavy atom. The predicted octanol–water partition coefficient (Wildman–Crippen LogP) is 2.00. The monoisotopic (exact) mass is 279 g/mol. The van der Waals surface area contributed by atoms with Gasteiger partial charge in [0.2, 0.25) is 5.96 Å². The highest BCUT2D eigenvalue weighted by Gasteiger charge is 2.48. The van der Waals surface area contributed by atoms with Crippen molar-refractivity contribution in [3.05, 3.63) is 65.7 Å². The van der Waals surface area contributed by atoms with Crippen LogP contribution in [0.1, 0.15) is 11.1 Å². The Kier molecular flexibility index (Phi) is 2.56. The highest BCUT2D eigenvalue weighted by atomic mass is 16.3. The fourth-order valence-electron chi connectivity index (χ4n) is 3.32. The van der Waals surface area contributed by atoms with E-state index in [4.69, 9.17) is 0 Å². The first kappa shape index (κ1) is 12.4. The van der Waals surface area contributed by atoms with Crippen molar-refractivity contribution >= 4 is 11.6 Å². The van der Waals surface area contributed by atoms with Crippen molar-refractivity contribution in [1.29, 1.82) is 0 Å². The molecule has 1 unspecified atom stereocenters. The summed E-state index contributed by atoms with van der Waals surface area (Å²) in [4.78, 5) is 8.61. The Bertz CT molecular complexity index is 713. The van der Waals surface area contributed by atoms with E-state index in [1.54, 1.807) is 0 Å². The van der Waals surface area contributed by atoms with Gasteiger partial charge in [-0.1, -0.05) is 48.5 Å². The number of aliphatic hydroxyl groups is 1. The molecule has 2 aromatic rings. The molecular weight excluding hydrogens is 262 g/mol. The van der Waals surface area contributed by atoms with Gasteiger partial charge in [-0.25, -0.2) is 0 Å². The van der Waals surface area contributed by atoms with Crippen LogP contribution < -0.4 is 4.90 Å². The lowest BCUT2D eigenvalue weighted by Gasteiger charge is -2.47. The van der Waals surface area contributed by atoms with Crippen molar-refractivity contribution in [2.75, 3.05) is 25.0 Å². The summed E-state index contributed by atoms with van der Waals surface area (Å²) < 4.78 is 0. The number of benzene rings is 2. The topological polar surface area (TPSA) is 39.1 Å². The van der Waals surface area contributed by atoms with Crippen LogP contribution in [0.5, 0.6) is 0 Å². The molecule has 0 fully saturated rings. The molecule has 2 aliphatic rings. The molecule has 0 spiro atoms. The molecule has 0 amide bonds. The summed E-state index contributed by atoms with van der Waals surface area (Å²) in [5.41, 5.74) is 1.63. The molecule has 0 saturated carbocycles. The normalized spacial score (nSPS) is 23.6. The number of rotatable bonds is 1. The number of nitrogens with zero attached hydrogens (tertiary/aromatic N) is 3. The van der Waals surface area contributed by atoms with E-state index in [0.29, 0.717) is 6.54 Å². The van der Waals surface area contributed by atoms with Crippen molar-refractivity contribution < 1.29 is 5.11 Å². The minimum atomic E-state index is -1.15. The van der Waals surface area contributed by atoms with Gasteiger partial charge in [0.05, 0.1) is 12.2 Å². The van der Waals surface area contributed by atoms with Crippen LogP contribution >= 0.6 is 0 Å². The molecule has 1 N–H and O–H groups in total. The summed E-state index contributed by atoms with van der Waals surface area (Å²) in [6, 6.07) is 17.8. The second-order valence-corrected chi connectivity index (χ2v) is 5.45. The maximum atomic E-state index is 11.6. The molecule has 106 valence electrons. The van der Waals surface area contributed by atoms with E-state index in [-0.39, 0.29) is 0 Å². The quantitative estimate of drug-likeness (QED) is 0.868. The molecule has 0 radical (unpaired) electrons. The lowest BCUT2D eigenvalue weighted by atomic mass is 9.89.